The molecular weight excluding hydrogens is 420 g/mol. The van der Waals surface area contributed by atoms with Crippen molar-refractivity contribution in [2.45, 2.75) is 47.4 Å². The molecule has 26 heavy (non-hydrogen) atoms. The molecule has 0 aromatic heterocycles. The number of urea groups is 1. The van der Waals surface area contributed by atoms with E-state index in [2.05, 4.69) is 4.99 Å². The number of halogens is 4. The van der Waals surface area contributed by atoms with Crippen molar-refractivity contribution in [2.75, 3.05) is 4.90 Å². The third-order valence-corrected chi connectivity index (χ3v) is 5.86. The van der Waals surface area contributed by atoms with Gasteiger partial charge in [-0.2, -0.15) is 0 Å². The predicted molar refractivity (Wildman–Crippen MR) is 105 cm³/mol. The summed E-state index contributed by atoms with van der Waals surface area (Å²) in [5.74, 6) is -0.635. The normalized spacial score (nSPS) is 22.4. The average molecular weight is 437 g/mol. The summed E-state index contributed by atoms with van der Waals surface area (Å²) in [6.45, 7) is 0. The van der Waals surface area contributed by atoms with Crippen molar-refractivity contribution in [3.63, 3.8) is 0 Å². The number of carbonyl (C=O) groups excluding carboxylic acids is 2. The summed E-state index contributed by atoms with van der Waals surface area (Å²) in [5.41, 5.74) is -0.798. The van der Waals surface area contributed by atoms with Gasteiger partial charge in [-0.25, -0.2) is 14.7 Å². The van der Waals surface area contributed by atoms with Gasteiger partial charge in [0.25, 0.3) is 5.91 Å². The molecule has 3 rings (SSSR count). The number of imide groups is 1. The molecule has 1 atom stereocenters. The summed E-state index contributed by atoms with van der Waals surface area (Å²) in [4.78, 5) is 32.7. The van der Waals surface area contributed by atoms with Crippen molar-refractivity contribution < 1.29 is 9.59 Å². The number of benzene rings is 1. The molecule has 5 nitrogen and oxygen atoms in total. The predicted octanol–water partition coefficient (Wildman–Crippen LogP) is 5.12. The Morgan fingerprint density at radius 1 is 1.04 bits per heavy atom. The molecule has 1 saturated heterocycles. The smallest absolute Gasteiger partial charge is 0.265 e. The number of anilines is 1. The van der Waals surface area contributed by atoms with Crippen LogP contribution in [0.3, 0.4) is 0 Å². The Morgan fingerprint density at radius 3 is 2.23 bits per heavy atom. The summed E-state index contributed by atoms with van der Waals surface area (Å²) < 4.78 is -1.90. The van der Waals surface area contributed by atoms with Crippen molar-refractivity contribution in [3.8, 4) is 0 Å². The molecule has 1 aliphatic carbocycles. The number of carbonyl (C=O) groups is 2. The minimum Gasteiger partial charge on any atom is -0.265 e. The number of nitrogens with zero attached hydrogens (tertiary/aromatic N) is 3. The molecule has 2 aliphatic rings. The van der Waals surface area contributed by atoms with Crippen LogP contribution in [0.4, 0.5) is 10.5 Å². The third-order valence-electron chi connectivity index (χ3n) is 4.48. The summed E-state index contributed by atoms with van der Waals surface area (Å²) in [6.07, 6.45) is 4.62. The number of amides is 3. The fourth-order valence-electron chi connectivity index (χ4n) is 3.25. The maximum absolute atomic E-state index is 13.1. The molecule has 140 valence electrons. The van der Waals surface area contributed by atoms with Crippen LogP contribution in [0.25, 0.3) is 0 Å². The molecule has 1 heterocycles. The molecule has 2 fully saturated rings. The van der Waals surface area contributed by atoms with Crippen LogP contribution in [0.2, 0.25) is 0 Å². The van der Waals surface area contributed by atoms with Gasteiger partial charge in [0.1, 0.15) is 0 Å². The Morgan fingerprint density at radius 2 is 1.65 bits per heavy atom. The van der Waals surface area contributed by atoms with Gasteiger partial charge in [-0.3, -0.25) is 9.69 Å². The summed E-state index contributed by atoms with van der Waals surface area (Å²) >= 11 is 23.4. The van der Waals surface area contributed by atoms with Crippen LogP contribution >= 0.6 is 46.4 Å². The average Bonchev–Trinajstić information content (AvgIpc) is 2.86. The molecule has 3 amide bonds. The molecule has 1 aliphatic heterocycles. The van der Waals surface area contributed by atoms with E-state index in [-0.39, 0.29) is 11.9 Å². The Labute approximate surface area is 171 Å². The van der Waals surface area contributed by atoms with Crippen molar-refractivity contribution >= 4 is 69.9 Å². The standard InChI is InChI=1S/C17H17Cl4N3O2/c18-15(17(19,20)21)22-13-14(25)24(12-9-5-2-6-10-12)16(26)23(13)11-7-3-1-4-8-11/h1,3-4,7-8,12,15H,2,5-6,9-10H2. The number of para-hydroxylation sites is 1. The Hall–Kier alpha value is -1.01. The highest BCUT2D eigenvalue weighted by atomic mass is 35.6. The molecule has 1 saturated carbocycles. The lowest BCUT2D eigenvalue weighted by molar-refractivity contribution is -0.122. The largest absolute Gasteiger partial charge is 0.337 e. The van der Waals surface area contributed by atoms with E-state index in [4.69, 9.17) is 46.4 Å². The first-order valence-corrected chi connectivity index (χ1v) is 9.89. The summed E-state index contributed by atoms with van der Waals surface area (Å²) in [5, 5.41) is 0. The molecule has 0 N–H and O–H groups in total. The second-order valence-electron chi connectivity index (χ2n) is 6.25. The lowest BCUT2D eigenvalue weighted by atomic mass is 9.94. The highest BCUT2D eigenvalue weighted by Crippen LogP contribution is 2.36. The van der Waals surface area contributed by atoms with Crippen molar-refractivity contribution in [2.24, 2.45) is 4.99 Å². The molecule has 1 aromatic rings. The van der Waals surface area contributed by atoms with Gasteiger partial charge in [0.2, 0.25) is 9.63 Å². The van der Waals surface area contributed by atoms with E-state index in [1.165, 1.54) is 9.80 Å². The zero-order valence-electron chi connectivity index (χ0n) is 13.7. The van der Waals surface area contributed by atoms with Gasteiger partial charge in [0.15, 0.2) is 5.50 Å². The highest BCUT2D eigenvalue weighted by Gasteiger charge is 2.48. The quantitative estimate of drug-likeness (QED) is 0.375. The fourth-order valence-corrected chi connectivity index (χ4v) is 3.49. The van der Waals surface area contributed by atoms with Crippen LogP contribution < -0.4 is 4.90 Å². The number of amidine groups is 1. The van der Waals surface area contributed by atoms with Gasteiger partial charge < -0.3 is 0 Å². The van der Waals surface area contributed by atoms with Crippen molar-refractivity contribution in [3.05, 3.63) is 30.3 Å². The first-order chi connectivity index (χ1) is 12.3. The number of alkyl halides is 4. The van der Waals surface area contributed by atoms with E-state index < -0.39 is 21.2 Å². The van der Waals surface area contributed by atoms with Crippen LogP contribution in [0, 0.1) is 0 Å². The van der Waals surface area contributed by atoms with Crippen LogP contribution in [-0.4, -0.2) is 38.0 Å². The van der Waals surface area contributed by atoms with Crippen LogP contribution in [-0.2, 0) is 4.79 Å². The molecule has 0 spiro atoms. The van der Waals surface area contributed by atoms with Gasteiger partial charge in [-0.15, -0.1) is 0 Å². The first kappa shape index (κ1) is 19.7. The monoisotopic (exact) mass is 435 g/mol. The van der Waals surface area contributed by atoms with E-state index in [9.17, 15) is 9.59 Å². The Bertz CT molecular complexity index is 714. The van der Waals surface area contributed by atoms with Crippen LogP contribution in [0.1, 0.15) is 32.1 Å². The maximum atomic E-state index is 13.1. The topological polar surface area (TPSA) is 53.0 Å². The molecule has 0 radical (unpaired) electrons. The lowest BCUT2D eigenvalue weighted by Gasteiger charge is -2.28. The van der Waals surface area contributed by atoms with E-state index in [0.717, 1.165) is 32.1 Å². The molecule has 1 unspecified atom stereocenters. The molecular formula is C17H17Cl4N3O2. The third kappa shape index (κ3) is 3.96. The minimum atomic E-state index is -1.90. The maximum Gasteiger partial charge on any atom is 0.337 e. The van der Waals surface area contributed by atoms with E-state index in [1.807, 2.05) is 6.07 Å². The zero-order chi connectivity index (χ0) is 18.9. The van der Waals surface area contributed by atoms with E-state index in [1.54, 1.807) is 24.3 Å². The number of hydrogen-bond acceptors (Lipinski definition) is 3. The zero-order valence-corrected chi connectivity index (χ0v) is 16.8. The molecule has 9 heteroatoms. The van der Waals surface area contributed by atoms with Gasteiger partial charge in [0.05, 0.1) is 5.69 Å². The highest BCUT2D eigenvalue weighted by molar-refractivity contribution is 6.70. The van der Waals surface area contributed by atoms with Crippen LogP contribution in [0.15, 0.2) is 35.3 Å². The summed E-state index contributed by atoms with van der Waals surface area (Å²) in [7, 11) is 0. The first-order valence-electron chi connectivity index (χ1n) is 8.32. The molecule has 0 bridgehead atoms. The number of rotatable bonds is 3. The van der Waals surface area contributed by atoms with Gasteiger partial charge in [-0.1, -0.05) is 83.9 Å². The lowest BCUT2D eigenvalue weighted by Crippen LogP contribution is -2.42. The van der Waals surface area contributed by atoms with E-state index in [0.29, 0.717) is 5.69 Å². The number of aliphatic imine (C=N–C) groups is 1. The number of hydrogen-bond donors (Lipinski definition) is 0. The van der Waals surface area contributed by atoms with Gasteiger partial charge in [0, 0.05) is 6.04 Å². The minimum absolute atomic E-state index is 0.127. The fraction of sp³-hybridized carbons (Fsp3) is 0.471. The Kier molecular flexibility index (Phi) is 6.02. The molecule has 1 aromatic carbocycles. The Balaban J connectivity index is 2.02. The van der Waals surface area contributed by atoms with Crippen molar-refractivity contribution in [1.82, 2.24) is 4.90 Å². The van der Waals surface area contributed by atoms with Gasteiger partial charge >= 0.3 is 6.03 Å². The van der Waals surface area contributed by atoms with Crippen molar-refractivity contribution in [1.29, 1.82) is 0 Å². The van der Waals surface area contributed by atoms with E-state index >= 15 is 0 Å². The second-order valence-corrected chi connectivity index (χ2v) is 9.03. The SMILES string of the molecule is O=C1C(=NC(Cl)C(Cl)(Cl)Cl)N(c2ccccc2)C(=O)N1C1CCCCC1. The summed E-state index contributed by atoms with van der Waals surface area (Å²) in [6, 6.07) is 8.17. The van der Waals surface area contributed by atoms with Crippen LogP contribution in [0.5, 0.6) is 0 Å². The second kappa shape index (κ2) is 7.93. The van der Waals surface area contributed by atoms with Gasteiger partial charge in [-0.05, 0) is 25.0 Å².